The normalized spacial score (nSPS) is 17.1. The molecule has 0 saturated carbocycles. The molecule has 0 saturated heterocycles. The third-order valence-electron chi connectivity index (χ3n) is 3.42. The van der Waals surface area contributed by atoms with Crippen LogP contribution in [0.1, 0.15) is 29.8 Å². The van der Waals surface area contributed by atoms with Gasteiger partial charge in [-0.15, -0.1) is 23.7 Å². The Kier molecular flexibility index (Phi) is 6.45. The lowest BCUT2D eigenvalue weighted by Gasteiger charge is -2.35. The molecule has 3 N–H and O–H groups in total. The molecule has 0 bridgehead atoms. The summed E-state index contributed by atoms with van der Waals surface area (Å²) in [5, 5.41) is 4.62. The van der Waals surface area contributed by atoms with Crippen molar-refractivity contribution in [2.75, 3.05) is 19.6 Å². The Labute approximate surface area is 128 Å². The summed E-state index contributed by atoms with van der Waals surface area (Å²) in [5.41, 5.74) is 6.47. The van der Waals surface area contributed by atoms with E-state index in [-0.39, 0.29) is 43.4 Å². The van der Waals surface area contributed by atoms with E-state index in [4.69, 9.17) is 5.73 Å². The molecule has 2 amide bonds. The fourth-order valence-corrected chi connectivity index (χ4v) is 3.41. The number of amides is 2. The molecule has 7 heteroatoms. The van der Waals surface area contributed by atoms with Gasteiger partial charge in [0.1, 0.15) is 0 Å². The molecule has 1 atom stereocenters. The van der Waals surface area contributed by atoms with E-state index in [1.54, 1.807) is 11.3 Å². The first-order valence-electron chi connectivity index (χ1n) is 6.49. The van der Waals surface area contributed by atoms with Gasteiger partial charge in [0.25, 0.3) is 0 Å². The maximum Gasteiger partial charge on any atom is 0.242 e. The smallest absolute Gasteiger partial charge is 0.242 e. The Morgan fingerprint density at radius 1 is 1.55 bits per heavy atom. The van der Waals surface area contributed by atoms with Crippen molar-refractivity contribution in [2.24, 2.45) is 5.73 Å². The zero-order valence-corrected chi connectivity index (χ0v) is 13.1. The first-order chi connectivity index (χ1) is 9.17. The molecule has 1 aliphatic heterocycles. The fraction of sp³-hybridized carbons (Fsp3) is 0.538. The minimum Gasteiger partial charge on any atom is -0.346 e. The molecule has 1 unspecified atom stereocenters. The molecule has 2 heterocycles. The number of fused-ring (bicyclic) bond motifs is 1. The van der Waals surface area contributed by atoms with E-state index < -0.39 is 0 Å². The van der Waals surface area contributed by atoms with Gasteiger partial charge in [-0.2, -0.15) is 0 Å². The maximum atomic E-state index is 12.2. The highest BCUT2D eigenvalue weighted by molar-refractivity contribution is 7.10. The van der Waals surface area contributed by atoms with Crippen molar-refractivity contribution in [3.8, 4) is 0 Å². The zero-order chi connectivity index (χ0) is 13.8. The number of nitrogens with one attached hydrogen (secondary N) is 1. The molecule has 0 fully saturated rings. The van der Waals surface area contributed by atoms with Gasteiger partial charge in [-0.25, -0.2) is 0 Å². The van der Waals surface area contributed by atoms with Gasteiger partial charge in [0.05, 0.1) is 19.1 Å². The number of carbonyl (C=O) groups excluding carboxylic acids is 2. The minimum absolute atomic E-state index is 0. The molecule has 0 spiro atoms. The summed E-state index contributed by atoms with van der Waals surface area (Å²) in [4.78, 5) is 26.5. The Morgan fingerprint density at radius 2 is 2.30 bits per heavy atom. The largest absolute Gasteiger partial charge is 0.346 e. The summed E-state index contributed by atoms with van der Waals surface area (Å²) in [5.74, 6) is -0.333. The average molecular weight is 318 g/mol. The van der Waals surface area contributed by atoms with Crippen molar-refractivity contribution in [3.05, 3.63) is 21.9 Å². The van der Waals surface area contributed by atoms with Gasteiger partial charge in [0, 0.05) is 11.4 Å². The third kappa shape index (κ3) is 3.50. The van der Waals surface area contributed by atoms with Crippen LogP contribution >= 0.6 is 23.7 Å². The van der Waals surface area contributed by atoms with Gasteiger partial charge < -0.3 is 16.0 Å². The number of thiophene rings is 1. The lowest BCUT2D eigenvalue weighted by molar-refractivity contribution is -0.135. The first-order valence-corrected chi connectivity index (χ1v) is 7.37. The van der Waals surface area contributed by atoms with Crippen molar-refractivity contribution >= 4 is 35.6 Å². The summed E-state index contributed by atoms with van der Waals surface area (Å²) < 4.78 is 0. The van der Waals surface area contributed by atoms with E-state index in [1.165, 1.54) is 10.4 Å². The van der Waals surface area contributed by atoms with E-state index in [1.807, 2.05) is 4.90 Å². The molecular formula is C13H20ClN3O2S. The zero-order valence-electron chi connectivity index (χ0n) is 11.4. The van der Waals surface area contributed by atoms with E-state index in [9.17, 15) is 9.59 Å². The third-order valence-corrected chi connectivity index (χ3v) is 4.42. The highest BCUT2D eigenvalue weighted by Gasteiger charge is 2.30. The van der Waals surface area contributed by atoms with Crippen LogP contribution < -0.4 is 11.1 Å². The predicted octanol–water partition coefficient (Wildman–Crippen LogP) is 1.08. The Bertz CT molecular complexity index is 478. The molecule has 0 aromatic carbocycles. The number of nitrogens with zero attached hydrogens (tertiary/aromatic N) is 1. The van der Waals surface area contributed by atoms with E-state index >= 15 is 0 Å². The van der Waals surface area contributed by atoms with Crippen molar-refractivity contribution < 1.29 is 9.59 Å². The highest BCUT2D eigenvalue weighted by atomic mass is 35.5. The summed E-state index contributed by atoms with van der Waals surface area (Å²) >= 11 is 1.76. The lowest BCUT2D eigenvalue weighted by Crippen LogP contribution is -2.45. The van der Waals surface area contributed by atoms with E-state index in [0.29, 0.717) is 0 Å². The molecule has 1 aromatic heterocycles. The van der Waals surface area contributed by atoms with E-state index in [0.717, 1.165) is 19.4 Å². The monoisotopic (exact) mass is 317 g/mol. The van der Waals surface area contributed by atoms with Gasteiger partial charge in [0.2, 0.25) is 11.8 Å². The second-order valence-electron chi connectivity index (χ2n) is 4.54. The topological polar surface area (TPSA) is 75.4 Å². The summed E-state index contributed by atoms with van der Waals surface area (Å²) in [7, 11) is 0. The van der Waals surface area contributed by atoms with Crippen LogP contribution in [0, 0.1) is 0 Å². The van der Waals surface area contributed by atoms with Crippen molar-refractivity contribution in [2.45, 2.75) is 25.8 Å². The lowest BCUT2D eigenvalue weighted by atomic mass is 9.98. The van der Waals surface area contributed by atoms with Crippen LogP contribution in [-0.2, 0) is 16.0 Å². The van der Waals surface area contributed by atoms with Crippen LogP contribution in [0.5, 0.6) is 0 Å². The molecule has 112 valence electrons. The number of rotatable bonds is 4. The number of hydrogen-bond acceptors (Lipinski definition) is 4. The molecule has 2 rings (SSSR count). The van der Waals surface area contributed by atoms with Crippen molar-refractivity contribution in [3.63, 3.8) is 0 Å². The number of hydrogen-bond donors (Lipinski definition) is 2. The van der Waals surface area contributed by atoms with Crippen LogP contribution in [0.4, 0.5) is 0 Å². The van der Waals surface area contributed by atoms with Crippen LogP contribution in [0.25, 0.3) is 0 Å². The van der Waals surface area contributed by atoms with Gasteiger partial charge in [-0.1, -0.05) is 6.92 Å². The summed E-state index contributed by atoms with van der Waals surface area (Å²) in [6.07, 6.45) is 1.79. The molecule has 1 aromatic rings. The second kappa shape index (κ2) is 7.61. The van der Waals surface area contributed by atoms with Crippen LogP contribution in [-0.4, -0.2) is 36.3 Å². The Balaban J connectivity index is 0.00000200. The van der Waals surface area contributed by atoms with Crippen molar-refractivity contribution in [1.82, 2.24) is 10.2 Å². The SMILES string of the molecule is CCC1c2ccsc2CCN1C(=O)CNC(=O)CN.Cl. The Morgan fingerprint density at radius 3 is 2.95 bits per heavy atom. The Hall–Kier alpha value is -1.11. The van der Waals surface area contributed by atoms with Crippen LogP contribution in [0.15, 0.2) is 11.4 Å². The van der Waals surface area contributed by atoms with E-state index in [2.05, 4.69) is 23.7 Å². The predicted molar refractivity (Wildman–Crippen MR) is 82.1 cm³/mol. The summed E-state index contributed by atoms with van der Waals surface area (Å²) in [6, 6.07) is 2.24. The molecule has 0 aliphatic carbocycles. The first kappa shape index (κ1) is 16.9. The fourth-order valence-electron chi connectivity index (χ4n) is 2.48. The molecular weight excluding hydrogens is 298 g/mol. The van der Waals surface area contributed by atoms with Gasteiger partial charge in [-0.3, -0.25) is 9.59 Å². The van der Waals surface area contributed by atoms with Crippen LogP contribution in [0.2, 0.25) is 0 Å². The number of halogens is 1. The average Bonchev–Trinajstić information content (AvgIpc) is 2.91. The maximum absolute atomic E-state index is 12.2. The number of carbonyl (C=O) groups is 2. The molecule has 0 radical (unpaired) electrons. The van der Waals surface area contributed by atoms with Crippen LogP contribution in [0.3, 0.4) is 0 Å². The quantitative estimate of drug-likeness (QED) is 0.872. The molecule has 1 aliphatic rings. The molecule has 5 nitrogen and oxygen atoms in total. The minimum atomic E-state index is -0.297. The molecule has 20 heavy (non-hydrogen) atoms. The van der Waals surface area contributed by atoms with Gasteiger partial charge in [0.15, 0.2) is 0 Å². The van der Waals surface area contributed by atoms with Gasteiger partial charge >= 0.3 is 0 Å². The summed E-state index contributed by atoms with van der Waals surface area (Å²) in [6.45, 7) is 2.75. The highest BCUT2D eigenvalue weighted by Crippen LogP contribution is 2.34. The standard InChI is InChI=1S/C13H19N3O2S.ClH/c1-2-10-9-4-6-19-11(9)3-5-16(10)13(18)8-15-12(17)7-14;/h4,6,10H,2-3,5,7-8,14H2,1H3,(H,15,17);1H. The van der Waals surface area contributed by atoms with Crippen molar-refractivity contribution in [1.29, 1.82) is 0 Å². The second-order valence-corrected chi connectivity index (χ2v) is 5.54. The number of nitrogens with two attached hydrogens (primary N) is 1. The van der Waals surface area contributed by atoms with Gasteiger partial charge in [-0.05, 0) is 29.9 Å².